The van der Waals surface area contributed by atoms with E-state index >= 15 is 0 Å². The van der Waals surface area contributed by atoms with Crippen molar-refractivity contribution in [2.45, 2.75) is 64.5 Å². The Morgan fingerprint density at radius 2 is 1.70 bits per heavy atom. The molecule has 1 saturated carbocycles. The summed E-state index contributed by atoms with van der Waals surface area (Å²) in [6.07, 6.45) is 4.85. The average molecular weight is 275 g/mol. The molecule has 1 aliphatic rings. The Bertz CT molecular complexity index is 398. The molecular weight excluding hydrogens is 246 g/mol. The first-order valence-electron chi connectivity index (χ1n) is 8.09. The van der Waals surface area contributed by atoms with Crippen molar-refractivity contribution >= 4 is 0 Å². The minimum absolute atomic E-state index is 0.398. The first-order chi connectivity index (χ1) is 9.58. The normalized spacial score (nSPS) is 24.9. The third-order valence-corrected chi connectivity index (χ3v) is 4.67. The molecule has 0 amide bonds. The Balaban J connectivity index is 1.86. The molecule has 3 atom stereocenters. The van der Waals surface area contributed by atoms with E-state index in [9.17, 15) is 5.11 Å². The molecule has 112 valence electrons. The highest BCUT2D eigenvalue weighted by atomic mass is 16.3. The predicted octanol–water partition coefficient (Wildman–Crippen LogP) is 4.01. The highest BCUT2D eigenvalue weighted by Gasteiger charge is 2.21. The van der Waals surface area contributed by atoms with Crippen molar-refractivity contribution in [2.24, 2.45) is 5.92 Å². The molecule has 20 heavy (non-hydrogen) atoms. The van der Waals surface area contributed by atoms with Crippen LogP contribution in [0.4, 0.5) is 0 Å². The molecule has 0 bridgehead atoms. The molecule has 1 fully saturated rings. The number of hydrogen-bond acceptors (Lipinski definition) is 2. The van der Waals surface area contributed by atoms with Crippen LogP contribution in [0.5, 0.6) is 0 Å². The zero-order valence-electron chi connectivity index (χ0n) is 13.1. The molecule has 0 radical (unpaired) electrons. The maximum absolute atomic E-state index is 10.3. The van der Waals surface area contributed by atoms with Gasteiger partial charge in [-0.1, -0.05) is 57.9 Å². The molecule has 2 rings (SSSR count). The second-order valence-corrected chi connectivity index (χ2v) is 6.61. The summed E-state index contributed by atoms with van der Waals surface area (Å²) in [6.45, 7) is 7.37. The molecule has 2 nitrogen and oxygen atoms in total. The lowest BCUT2D eigenvalue weighted by atomic mass is 9.86. The smallest absolute Gasteiger partial charge is 0.0914 e. The van der Waals surface area contributed by atoms with Crippen molar-refractivity contribution < 1.29 is 5.11 Å². The summed E-state index contributed by atoms with van der Waals surface area (Å²) in [6, 6.07) is 8.96. The van der Waals surface area contributed by atoms with Gasteiger partial charge in [-0.3, -0.25) is 0 Å². The van der Waals surface area contributed by atoms with Gasteiger partial charge in [0, 0.05) is 12.6 Å². The molecule has 0 aromatic heterocycles. The van der Waals surface area contributed by atoms with Gasteiger partial charge < -0.3 is 10.4 Å². The van der Waals surface area contributed by atoms with Crippen LogP contribution in [0.3, 0.4) is 0 Å². The maximum atomic E-state index is 10.3. The van der Waals surface area contributed by atoms with Crippen molar-refractivity contribution in [3.05, 3.63) is 35.4 Å². The van der Waals surface area contributed by atoms with E-state index in [1.807, 2.05) is 0 Å². The van der Waals surface area contributed by atoms with E-state index in [4.69, 9.17) is 0 Å². The topological polar surface area (TPSA) is 32.3 Å². The quantitative estimate of drug-likeness (QED) is 0.851. The third-order valence-electron chi connectivity index (χ3n) is 4.67. The van der Waals surface area contributed by atoms with E-state index in [0.717, 1.165) is 11.5 Å². The van der Waals surface area contributed by atoms with Crippen molar-refractivity contribution in [3.63, 3.8) is 0 Å². The van der Waals surface area contributed by atoms with Gasteiger partial charge in [-0.2, -0.15) is 0 Å². The summed E-state index contributed by atoms with van der Waals surface area (Å²) in [5.41, 5.74) is 2.35. The van der Waals surface area contributed by atoms with E-state index in [1.165, 1.54) is 31.2 Å². The summed E-state index contributed by atoms with van der Waals surface area (Å²) in [5, 5.41) is 13.9. The van der Waals surface area contributed by atoms with Crippen molar-refractivity contribution in [1.82, 2.24) is 5.32 Å². The monoisotopic (exact) mass is 275 g/mol. The minimum atomic E-state index is -0.398. The van der Waals surface area contributed by atoms with Crippen LogP contribution in [0.2, 0.25) is 0 Å². The van der Waals surface area contributed by atoms with E-state index in [1.54, 1.807) is 0 Å². The number of benzene rings is 1. The molecule has 1 aromatic carbocycles. The number of aliphatic hydroxyl groups is 1. The zero-order valence-corrected chi connectivity index (χ0v) is 13.1. The van der Waals surface area contributed by atoms with Crippen LogP contribution in [0.25, 0.3) is 0 Å². The number of nitrogens with one attached hydrogen (secondary N) is 1. The number of rotatable bonds is 5. The lowest BCUT2D eigenvalue weighted by molar-refractivity contribution is 0.157. The molecule has 0 saturated heterocycles. The largest absolute Gasteiger partial charge is 0.387 e. The Hall–Kier alpha value is -0.860. The van der Waals surface area contributed by atoms with Crippen LogP contribution in [0.15, 0.2) is 24.3 Å². The van der Waals surface area contributed by atoms with Gasteiger partial charge in [-0.15, -0.1) is 0 Å². The SMILES string of the molecule is CC(C)c1ccc(C(O)CNC2CCCCC2C)cc1. The molecule has 0 aliphatic heterocycles. The Morgan fingerprint density at radius 1 is 1.10 bits per heavy atom. The molecule has 3 unspecified atom stereocenters. The van der Waals surface area contributed by atoms with Crippen LogP contribution in [0.1, 0.15) is 69.6 Å². The molecule has 0 spiro atoms. The summed E-state index contributed by atoms with van der Waals surface area (Å²) >= 11 is 0. The molecular formula is C18H29NO. The predicted molar refractivity (Wildman–Crippen MR) is 84.9 cm³/mol. The van der Waals surface area contributed by atoms with E-state index in [0.29, 0.717) is 18.5 Å². The lowest BCUT2D eigenvalue weighted by Crippen LogP contribution is -2.39. The maximum Gasteiger partial charge on any atom is 0.0914 e. The molecule has 2 heteroatoms. The van der Waals surface area contributed by atoms with Crippen molar-refractivity contribution in [1.29, 1.82) is 0 Å². The first kappa shape index (κ1) is 15.5. The Labute approximate surface area is 123 Å². The third kappa shape index (κ3) is 4.07. The molecule has 1 aromatic rings. The van der Waals surface area contributed by atoms with Crippen molar-refractivity contribution in [2.75, 3.05) is 6.54 Å². The summed E-state index contributed by atoms with van der Waals surface area (Å²) in [7, 11) is 0. The second-order valence-electron chi connectivity index (χ2n) is 6.61. The van der Waals surface area contributed by atoms with E-state index in [2.05, 4.69) is 50.4 Å². The van der Waals surface area contributed by atoms with Crippen molar-refractivity contribution in [3.8, 4) is 0 Å². The Kier molecular flexibility index (Phi) is 5.62. The number of hydrogen-bond donors (Lipinski definition) is 2. The van der Waals surface area contributed by atoms with Gasteiger partial charge in [0.2, 0.25) is 0 Å². The van der Waals surface area contributed by atoms with Gasteiger partial charge in [0.05, 0.1) is 6.10 Å². The standard InChI is InChI=1S/C18H29NO/c1-13(2)15-8-10-16(11-9-15)18(20)12-19-17-7-5-4-6-14(17)3/h8-11,13-14,17-20H,4-7,12H2,1-3H3. The van der Waals surface area contributed by atoms with Crippen LogP contribution >= 0.6 is 0 Å². The van der Waals surface area contributed by atoms with Gasteiger partial charge in [0.25, 0.3) is 0 Å². The van der Waals surface area contributed by atoms with E-state index in [-0.39, 0.29) is 0 Å². The molecule has 0 heterocycles. The fourth-order valence-electron chi connectivity index (χ4n) is 3.10. The average Bonchev–Trinajstić information content (AvgIpc) is 2.46. The highest BCUT2D eigenvalue weighted by Crippen LogP contribution is 2.24. The lowest BCUT2D eigenvalue weighted by Gasteiger charge is -2.30. The van der Waals surface area contributed by atoms with Crippen LogP contribution in [0, 0.1) is 5.92 Å². The van der Waals surface area contributed by atoms with E-state index < -0.39 is 6.10 Å². The van der Waals surface area contributed by atoms with Crippen LogP contribution in [-0.2, 0) is 0 Å². The van der Waals surface area contributed by atoms with Crippen LogP contribution in [-0.4, -0.2) is 17.7 Å². The van der Waals surface area contributed by atoms with Gasteiger partial charge in [-0.05, 0) is 35.8 Å². The Morgan fingerprint density at radius 3 is 2.30 bits per heavy atom. The summed E-state index contributed by atoms with van der Waals surface area (Å²) in [5.74, 6) is 1.28. The number of aliphatic hydroxyl groups excluding tert-OH is 1. The fourth-order valence-corrected chi connectivity index (χ4v) is 3.10. The zero-order chi connectivity index (χ0) is 14.5. The van der Waals surface area contributed by atoms with Crippen LogP contribution < -0.4 is 5.32 Å². The first-order valence-corrected chi connectivity index (χ1v) is 8.09. The summed E-state index contributed by atoms with van der Waals surface area (Å²) in [4.78, 5) is 0. The van der Waals surface area contributed by atoms with Gasteiger partial charge in [-0.25, -0.2) is 0 Å². The van der Waals surface area contributed by atoms with Gasteiger partial charge in [0.15, 0.2) is 0 Å². The second kappa shape index (κ2) is 7.24. The molecule has 2 N–H and O–H groups in total. The fraction of sp³-hybridized carbons (Fsp3) is 0.667. The molecule has 1 aliphatic carbocycles. The summed E-state index contributed by atoms with van der Waals surface area (Å²) < 4.78 is 0. The van der Waals surface area contributed by atoms with Gasteiger partial charge in [0.1, 0.15) is 0 Å². The highest BCUT2D eigenvalue weighted by molar-refractivity contribution is 5.26. The minimum Gasteiger partial charge on any atom is -0.387 e. The van der Waals surface area contributed by atoms with Gasteiger partial charge >= 0.3 is 0 Å².